The molecule has 6 nitrogen and oxygen atoms in total. The molecule has 0 saturated heterocycles. The summed E-state index contributed by atoms with van der Waals surface area (Å²) >= 11 is 0. The number of hydrogen-bond donors (Lipinski definition) is 2. The van der Waals surface area contributed by atoms with Gasteiger partial charge in [0.25, 0.3) is 0 Å². The lowest BCUT2D eigenvalue weighted by atomic mass is 10.1. The van der Waals surface area contributed by atoms with Crippen molar-refractivity contribution in [3.8, 4) is 11.1 Å². The Balaban J connectivity index is 2.06. The SMILES string of the molecule is CN(C)C(=O)Nc1ccc(-c2ccc(NC(=O)N(C)C)cc2)cc1. The van der Waals surface area contributed by atoms with Crippen molar-refractivity contribution < 1.29 is 9.59 Å². The van der Waals surface area contributed by atoms with Crippen LogP contribution >= 0.6 is 0 Å². The van der Waals surface area contributed by atoms with Crippen LogP contribution in [-0.4, -0.2) is 50.1 Å². The maximum Gasteiger partial charge on any atom is 0.321 e. The quantitative estimate of drug-likeness (QED) is 0.906. The van der Waals surface area contributed by atoms with Crippen molar-refractivity contribution in [1.29, 1.82) is 0 Å². The van der Waals surface area contributed by atoms with Crippen LogP contribution < -0.4 is 10.6 Å². The molecule has 0 unspecified atom stereocenters. The highest BCUT2D eigenvalue weighted by Crippen LogP contribution is 2.23. The summed E-state index contributed by atoms with van der Waals surface area (Å²) in [6.07, 6.45) is 0. The molecule has 0 saturated carbocycles. The minimum Gasteiger partial charge on any atom is -0.331 e. The van der Waals surface area contributed by atoms with Crippen molar-refractivity contribution in [3.05, 3.63) is 48.5 Å². The molecule has 126 valence electrons. The average Bonchev–Trinajstić information content (AvgIpc) is 2.56. The van der Waals surface area contributed by atoms with Gasteiger partial charge in [-0.15, -0.1) is 0 Å². The average molecular weight is 326 g/mol. The van der Waals surface area contributed by atoms with E-state index in [4.69, 9.17) is 0 Å². The first-order chi connectivity index (χ1) is 11.4. The molecular formula is C18H22N4O2. The van der Waals surface area contributed by atoms with E-state index in [0.29, 0.717) is 0 Å². The number of benzene rings is 2. The highest BCUT2D eigenvalue weighted by Gasteiger charge is 2.06. The second kappa shape index (κ2) is 7.50. The Labute approximate surface area is 142 Å². The van der Waals surface area contributed by atoms with E-state index < -0.39 is 0 Å². The minimum atomic E-state index is -0.163. The van der Waals surface area contributed by atoms with Crippen LogP contribution in [0.5, 0.6) is 0 Å². The van der Waals surface area contributed by atoms with Crippen LogP contribution in [0.25, 0.3) is 11.1 Å². The van der Waals surface area contributed by atoms with E-state index in [1.54, 1.807) is 28.2 Å². The fourth-order valence-electron chi connectivity index (χ4n) is 1.96. The lowest BCUT2D eigenvalue weighted by molar-refractivity contribution is 0.230. The van der Waals surface area contributed by atoms with Gasteiger partial charge in [0.1, 0.15) is 0 Å². The number of urea groups is 2. The summed E-state index contributed by atoms with van der Waals surface area (Å²) in [7, 11) is 6.78. The third-order valence-electron chi connectivity index (χ3n) is 3.42. The van der Waals surface area contributed by atoms with Crippen molar-refractivity contribution >= 4 is 23.4 Å². The maximum atomic E-state index is 11.6. The summed E-state index contributed by atoms with van der Waals surface area (Å²) in [6.45, 7) is 0. The summed E-state index contributed by atoms with van der Waals surface area (Å²) in [5, 5.41) is 5.59. The molecule has 4 amide bonds. The standard InChI is InChI=1S/C18H22N4O2/c1-21(2)17(23)19-15-9-5-13(6-10-15)14-7-11-16(12-8-14)20-18(24)22(3)4/h5-12H,1-4H3,(H,19,23)(H,20,24). The van der Waals surface area contributed by atoms with Crippen LogP contribution in [0, 0.1) is 0 Å². The van der Waals surface area contributed by atoms with E-state index in [-0.39, 0.29) is 12.1 Å². The summed E-state index contributed by atoms with van der Waals surface area (Å²) in [4.78, 5) is 26.2. The van der Waals surface area contributed by atoms with Gasteiger partial charge in [-0.25, -0.2) is 9.59 Å². The number of amides is 4. The Kier molecular flexibility index (Phi) is 5.42. The normalized spacial score (nSPS) is 10.0. The summed E-state index contributed by atoms with van der Waals surface area (Å²) in [5.41, 5.74) is 3.55. The lowest BCUT2D eigenvalue weighted by Crippen LogP contribution is -2.27. The van der Waals surface area contributed by atoms with Crippen LogP contribution in [0.15, 0.2) is 48.5 Å². The zero-order valence-corrected chi connectivity index (χ0v) is 14.3. The summed E-state index contributed by atoms with van der Waals surface area (Å²) < 4.78 is 0. The Morgan fingerprint density at radius 1 is 0.625 bits per heavy atom. The van der Waals surface area contributed by atoms with Crippen molar-refractivity contribution in [2.45, 2.75) is 0 Å². The van der Waals surface area contributed by atoms with Crippen molar-refractivity contribution in [2.24, 2.45) is 0 Å². The Bertz CT molecular complexity index is 643. The van der Waals surface area contributed by atoms with Gasteiger partial charge in [-0.3, -0.25) is 0 Å². The number of rotatable bonds is 3. The summed E-state index contributed by atoms with van der Waals surface area (Å²) in [6, 6.07) is 14.9. The second-order valence-corrected chi connectivity index (χ2v) is 5.80. The zero-order chi connectivity index (χ0) is 17.7. The largest absolute Gasteiger partial charge is 0.331 e. The van der Waals surface area contributed by atoms with Crippen LogP contribution in [0.3, 0.4) is 0 Å². The molecule has 0 aliphatic heterocycles. The van der Waals surface area contributed by atoms with Crippen LogP contribution in [-0.2, 0) is 0 Å². The van der Waals surface area contributed by atoms with Gasteiger partial charge < -0.3 is 20.4 Å². The highest BCUT2D eigenvalue weighted by atomic mass is 16.2. The molecule has 0 aliphatic rings. The highest BCUT2D eigenvalue weighted by molar-refractivity contribution is 5.90. The van der Waals surface area contributed by atoms with Gasteiger partial charge in [0.05, 0.1) is 0 Å². The van der Waals surface area contributed by atoms with Crippen LogP contribution in [0.1, 0.15) is 0 Å². The molecule has 2 aromatic carbocycles. The molecule has 0 heterocycles. The number of nitrogens with one attached hydrogen (secondary N) is 2. The number of carbonyl (C=O) groups is 2. The third kappa shape index (κ3) is 4.49. The first-order valence-electron chi connectivity index (χ1n) is 7.54. The molecule has 0 spiro atoms. The van der Waals surface area contributed by atoms with Gasteiger partial charge in [0.15, 0.2) is 0 Å². The predicted octanol–water partition coefficient (Wildman–Crippen LogP) is 3.54. The van der Waals surface area contributed by atoms with E-state index in [9.17, 15) is 9.59 Å². The predicted molar refractivity (Wildman–Crippen MR) is 97.3 cm³/mol. The Morgan fingerprint density at radius 3 is 1.17 bits per heavy atom. The molecule has 2 N–H and O–H groups in total. The van der Waals surface area contributed by atoms with Gasteiger partial charge in [0.2, 0.25) is 0 Å². The third-order valence-corrected chi connectivity index (χ3v) is 3.42. The number of hydrogen-bond acceptors (Lipinski definition) is 2. The fourth-order valence-corrected chi connectivity index (χ4v) is 1.96. The first kappa shape index (κ1) is 17.3. The van der Waals surface area contributed by atoms with Gasteiger partial charge >= 0.3 is 12.1 Å². The number of nitrogens with zero attached hydrogens (tertiary/aromatic N) is 2. The molecule has 0 fully saturated rings. The molecular weight excluding hydrogens is 304 g/mol. The lowest BCUT2D eigenvalue weighted by Gasteiger charge is -2.13. The zero-order valence-electron chi connectivity index (χ0n) is 14.3. The molecule has 0 aliphatic carbocycles. The van der Waals surface area contributed by atoms with Gasteiger partial charge in [-0.1, -0.05) is 24.3 Å². The molecule has 0 bridgehead atoms. The first-order valence-corrected chi connectivity index (χ1v) is 7.54. The van der Waals surface area contributed by atoms with E-state index >= 15 is 0 Å². The summed E-state index contributed by atoms with van der Waals surface area (Å²) in [5.74, 6) is 0. The van der Waals surface area contributed by atoms with Gasteiger partial charge in [-0.2, -0.15) is 0 Å². The fraction of sp³-hybridized carbons (Fsp3) is 0.222. The second-order valence-electron chi connectivity index (χ2n) is 5.80. The Morgan fingerprint density at radius 2 is 0.917 bits per heavy atom. The number of carbonyl (C=O) groups excluding carboxylic acids is 2. The van der Waals surface area contributed by atoms with E-state index in [1.807, 2.05) is 48.5 Å². The molecule has 2 aromatic rings. The smallest absolute Gasteiger partial charge is 0.321 e. The minimum absolute atomic E-state index is 0.163. The van der Waals surface area contributed by atoms with E-state index in [0.717, 1.165) is 22.5 Å². The molecule has 2 rings (SSSR count). The molecule has 0 atom stereocenters. The maximum absolute atomic E-state index is 11.6. The number of anilines is 2. The van der Waals surface area contributed by atoms with E-state index in [1.165, 1.54) is 9.80 Å². The van der Waals surface area contributed by atoms with Crippen molar-refractivity contribution in [2.75, 3.05) is 38.8 Å². The van der Waals surface area contributed by atoms with Crippen LogP contribution in [0.2, 0.25) is 0 Å². The topological polar surface area (TPSA) is 64.7 Å². The Hall–Kier alpha value is -3.02. The van der Waals surface area contributed by atoms with E-state index in [2.05, 4.69) is 10.6 Å². The van der Waals surface area contributed by atoms with Gasteiger partial charge in [0, 0.05) is 39.6 Å². The van der Waals surface area contributed by atoms with Crippen molar-refractivity contribution in [3.63, 3.8) is 0 Å². The molecule has 6 heteroatoms. The monoisotopic (exact) mass is 326 g/mol. The molecule has 0 radical (unpaired) electrons. The molecule has 24 heavy (non-hydrogen) atoms. The van der Waals surface area contributed by atoms with Gasteiger partial charge in [-0.05, 0) is 35.4 Å². The van der Waals surface area contributed by atoms with Crippen molar-refractivity contribution in [1.82, 2.24) is 9.80 Å². The molecule has 0 aromatic heterocycles. The van der Waals surface area contributed by atoms with Crippen LogP contribution in [0.4, 0.5) is 21.0 Å².